The van der Waals surface area contributed by atoms with Gasteiger partial charge in [-0.25, -0.2) is 8.78 Å². The molecule has 0 N–H and O–H groups in total. The van der Waals surface area contributed by atoms with Gasteiger partial charge in [0, 0.05) is 5.92 Å². The molecule has 1 rings (SSSR count). The molecule has 0 amide bonds. The van der Waals surface area contributed by atoms with E-state index in [2.05, 4.69) is 6.92 Å². The van der Waals surface area contributed by atoms with Crippen molar-refractivity contribution >= 4 is 0 Å². The molecule has 0 bridgehead atoms. The Hall–Kier alpha value is -0.140. The predicted octanol–water partition coefficient (Wildman–Crippen LogP) is 3.71. The van der Waals surface area contributed by atoms with Crippen LogP contribution in [0.2, 0.25) is 0 Å². The van der Waals surface area contributed by atoms with Crippen LogP contribution in [-0.4, -0.2) is 6.43 Å². The first-order chi connectivity index (χ1) is 5.63. The molecule has 3 unspecified atom stereocenters. The zero-order valence-corrected chi connectivity index (χ0v) is 7.89. The summed E-state index contributed by atoms with van der Waals surface area (Å²) in [7, 11) is 0. The number of hydrogen-bond acceptors (Lipinski definition) is 0. The smallest absolute Gasteiger partial charge is 0.210 e. The van der Waals surface area contributed by atoms with E-state index in [-0.39, 0.29) is 11.8 Å². The van der Waals surface area contributed by atoms with E-state index in [0.29, 0.717) is 5.92 Å². The van der Waals surface area contributed by atoms with E-state index in [1.165, 1.54) is 0 Å². The van der Waals surface area contributed by atoms with Crippen molar-refractivity contribution in [2.75, 3.05) is 0 Å². The number of alkyl halides is 2. The number of halogens is 2. The van der Waals surface area contributed by atoms with Crippen molar-refractivity contribution in [3.05, 3.63) is 0 Å². The zero-order chi connectivity index (χ0) is 9.14. The highest BCUT2D eigenvalue weighted by Gasteiger charge is 2.31. The topological polar surface area (TPSA) is 0 Å². The summed E-state index contributed by atoms with van der Waals surface area (Å²) in [4.78, 5) is 0. The molecule has 1 aliphatic carbocycles. The van der Waals surface area contributed by atoms with Gasteiger partial charge < -0.3 is 0 Å². The lowest BCUT2D eigenvalue weighted by atomic mass is 9.83. The molecular weight excluding hydrogens is 158 g/mol. The first-order valence-corrected chi connectivity index (χ1v) is 4.91. The van der Waals surface area contributed by atoms with Gasteiger partial charge in [-0.3, -0.25) is 0 Å². The van der Waals surface area contributed by atoms with Gasteiger partial charge in [0.1, 0.15) is 0 Å². The molecule has 0 heterocycles. The Morgan fingerprint density at radius 2 is 1.67 bits per heavy atom. The zero-order valence-electron chi connectivity index (χ0n) is 7.89. The van der Waals surface area contributed by atoms with Crippen LogP contribution in [-0.2, 0) is 0 Å². The maximum atomic E-state index is 12.5. The minimum absolute atomic E-state index is 0.201. The Kier molecular flexibility index (Phi) is 3.48. The third-order valence-electron chi connectivity index (χ3n) is 3.34. The summed E-state index contributed by atoms with van der Waals surface area (Å²) in [5.41, 5.74) is 0. The Labute approximate surface area is 73.3 Å². The van der Waals surface area contributed by atoms with Gasteiger partial charge in [-0.15, -0.1) is 0 Å². The first kappa shape index (κ1) is 9.94. The summed E-state index contributed by atoms with van der Waals surface area (Å²) in [5.74, 6) is 0.335. The molecule has 72 valence electrons. The maximum Gasteiger partial charge on any atom is 0.241 e. The van der Waals surface area contributed by atoms with Crippen molar-refractivity contribution in [3.63, 3.8) is 0 Å². The molecule has 0 aromatic heterocycles. The molecular formula is C10H18F2. The maximum absolute atomic E-state index is 12.5. The molecule has 1 fully saturated rings. The van der Waals surface area contributed by atoms with Gasteiger partial charge >= 0.3 is 0 Å². The van der Waals surface area contributed by atoms with E-state index >= 15 is 0 Å². The molecule has 1 aliphatic rings. The predicted molar refractivity (Wildman–Crippen MR) is 46.3 cm³/mol. The van der Waals surface area contributed by atoms with Crippen molar-refractivity contribution in [1.82, 2.24) is 0 Å². The third-order valence-corrected chi connectivity index (χ3v) is 3.34. The van der Waals surface area contributed by atoms with E-state index in [1.807, 2.05) is 6.92 Å². The van der Waals surface area contributed by atoms with E-state index in [1.54, 1.807) is 0 Å². The second-order valence-corrected chi connectivity index (χ2v) is 4.12. The van der Waals surface area contributed by atoms with Crippen molar-refractivity contribution < 1.29 is 8.78 Å². The lowest BCUT2D eigenvalue weighted by Gasteiger charge is -2.24. The molecule has 0 radical (unpaired) electrons. The van der Waals surface area contributed by atoms with Crippen LogP contribution >= 0.6 is 0 Å². The molecule has 0 aliphatic heterocycles. The minimum Gasteiger partial charge on any atom is -0.210 e. The fraction of sp³-hybridized carbons (Fsp3) is 1.00. The van der Waals surface area contributed by atoms with Crippen molar-refractivity contribution in [2.45, 2.75) is 46.0 Å². The summed E-state index contributed by atoms with van der Waals surface area (Å²) >= 11 is 0. The lowest BCUT2D eigenvalue weighted by molar-refractivity contribution is 0.0326. The highest BCUT2D eigenvalue weighted by Crippen LogP contribution is 2.36. The Bertz CT molecular complexity index is 134. The van der Waals surface area contributed by atoms with Crippen LogP contribution in [0.4, 0.5) is 8.78 Å². The van der Waals surface area contributed by atoms with Gasteiger partial charge in [-0.05, 0) is 18.3 Å². The van der Waals surface area contributed by atoms with Crippen LogP contribution in [0.15, 0.2) is 0 Å². The van der Waals surface area contributed by atoms with E-state index in [0.717, 1.165) is 25.7 Å². The second-order valence-electron chi connectivity index (χ2n) is 4.12. The van der Waals surface area contributed by atoms with Crippen molar-refractivity contribution in [2.24, 2.45) is 17.8 Å². The van der Waals surface area contributed by atoms with Gasteiger partial charge in [0.15, 0.2) is 0 Å². The van der Waals surface area contributed by atoms with E-state index in [9.17, 15) is 8.78 Å². The first-order valence-electron chi connectivity index (χ1n) is 4.91. The van der Waals surface area contributed by atoms with Crippen LogP contribution < -0.4 is 0 Å². The van der Waals surface area contributed by atoms with Gasteiger partial charge in [0.05, 0.1) is 0 Å². The summed E-state index contributed by atoms with van der Waals surface area (Å²) in [5, 5.41) is 0. The summed E-state index contributed by atoms with van der Waals surface area (Å²) in [6.45, 7) is 4.08. The normalized spacial score (nSPS) is 38.2. The molecule has 1 saturated carbocycles. The molecule has 0 nitrogen and oxygen atoms in total. The molecule has 0 aromatic carbocycles. The monoisotopic (exact) mass is 176 g/mol. The van der Waals surface area contributed by atoms with Crippen molar-refractivity contribution in [3.8, 4) is 0 Å². The highest BCUT2D eigenvalue weighted by atomic mass is 19.3. The molecule has 2 heteroatoms. The average molecular weight is 176 g/mol. The highest BCUT2D eigenvalue weighted by molar-refractivity contribution is 4.76. The molecule has 3 atom stereocenters. The molecule has 0 aromatic rings. The standard InChI is InChI=1S/C10H18F2/c1-7-5-3-4-6-9(8(7)2)10(11)12/h7-10H,3-6H2,1-2H3. The van der Waals surface area contributed by atoms with Gasteiger partial charge in [-0.1, -0.05) is 33.1 Å². The minimum atomic E-state index is -2.11. The van der Waals surface area contributed by atoms with E-state index < -0.39 is 6.43 Å². The Balaban J connectivity index is 2.58. The SMILES string of the molecule is CC1CCCCC(C(F)F)C1C. The fourth-order valence-electron chi connectivity index (χ4n) is 2.15. The Morgan fingerprint density at radius 3 is 2.25 bits per heavy atom. The molecule has 12 heavy (non-hydrogen) atoms. The van der Waals surface area contributed by atoms with Crippen LogP contribution in [0.5, 0.6) is 0 Å². The van der Waals surface area contributed by atoms with Gasteiger partial charge in [0.25, 0.3) is 0 Å². The number of rotatable bonds is 1. The summed E-state index contributed by atoms with van der Waals surface area (Å²) in [6.07, 6.45) is 1.87. The Morgan fingerprint density at radius 1 is 1.08 bits per heavy atom. The number of hydrogen-bond donors (Lipinski definition) is 0. The van der Waals surface area contributed by atoms with Crippen molar-refractivity contribution in [1.29, 1.82) is 0 Å². The molecule has 0 spiro atoms. The fourth-order valence-corrected chi connectivity index (χ4v) is 2.15. The van der Waals surface area contributed by atoms with Gasteiger partial charge in [-0.2, -0.15) is 0 Å². The summed E-state index contributed by atoms with van der Waals surface area (Å²) in [6, 6.07) is 0. The largest absolute Gasteiger partial charge is 0.241 e. The lowest BCUT2D eigenvalue weighted by Crippen LogP contribution is -2.23. The van der Waals surface area contributed by atoms with E-state index in [4.69, 9.17) is 0 Å². The summed E-state index contributed by atoms with van der Waals surface area (Å²) < 4.78 is 25.0. The molecule has 0 saturated heterocycles. The van der Waals surface area contributed by atoms with Gasteiger partial charge in [0.2, 0.25) is 6.43 Å². The second kappa shape index (κ2) is 4.20. The van der Waals surface area contributed by atoms with Crippen LogP contribution in [0, 0.1) is 17.8 Å². The van der Waals surface area contributed by atoms with Crippen LogP contribution in [0.25, 0.3) is 0 Å². The van der Waals surface area contributed by atoms with Crippen LogP contribution in [0.1, 0.15) is 39.5 Å². The average Bonchev–Trinajstić information content (AvgIpc) is 2.15. The van der Waals surface area contributed by atoms with Crippen LogP contribution in [0.3, 0.4) is 0 Å². The third kappa shape index (κ3) is 2.18. The quantitative estimate of drug-likeness (QED) is 0.534.